The number of hydrogen-bond acceptors (Lipinski definition) is 3. The Morgan fingerprint density at radius 3 is 2.62 bits per heavy atom. The molecule has 0 aromatic rings. The first-order chi connectivity index (χ1) is 7.67. The maximum absolute atomic E-state index is 9.43. The highest BCUT2D eigenvalue weighted by atomic mass is 16.3. The molecule has 3 N–H and O–H groups in total. The van der Waals surface area contributed by atoms with E-state index in [2.05, 4.69) is 11.5 Å². The van der Waals surface area contributed by atoms with Crippen LogP contribution in [0.1, 0.15) is 19.8 Å². The summed E-state index contributed by atoms with van der Waals surface area (Å²) in [7, 11) is 0. The maximum Gasteiger partial charge on any atom is 0.0564 e. The highest BCUT2D eigenvalue weighted by Gasteiger charge is 2.17. The number of likely N-dealkylation sites (tertiary alicyclic amines) is 1. The molecule has 16 heavy (non-hydrogen) atoms. The molecule has 0 aliphatic carbocycles. The first kappa shape index (κ1) is 13.0. The van der Waals surface area contributed by atoms with Crippen LogP contribution in [0.25, 0.3) is 0 Å². The number of aliphatic hydroxyl groups is 1. The third kappa shape index (κ3) is 3.83. The van der Waals surface area contributed by atoms with Gasteiger partial charge in [-0.3, -0.25) is 4.90 Å². The van der Waals surface area contributed by atoms with Gasteiger partial charge in [-0.2, -0.15) is 0 Å². The summed E-state index contributed by atoms with van der Waals surface area (Å²) in [6.45, 7) is 8.36. The molecule has 0 unspecified atom stereocenters. The van der Waals surface area contributed by atoms with Crippen molar-refractivity contribution in [1.82, 2.24) is 4.90 Å². The zero-order valence-corrected chi connectivity index (χ0v) is 10.0. The number of aliphatic hydroxyl groups excluding tert-OH is 1. The van der Waals surface area contributed by atoms with E-state index in [1.165, 1.54) is 0 Å². The van der Waals surface area contributed by atoms with E-state index in [9.17, 15) is 5.11 Å². The number of piperidine rings is 1. The summed E-state index contributed by atoms with van der Waals surface area (Å²) in [6, 6.07) is 0. The van der Waals surface area contributed by atoms with Crippen molar-refractivity contribution in [3.8, 4) is 0 Å². The lowest BCUT2D eigenvalue weighted by Crippen LogP contribution is -2.37. The number of hydrogen-bond donors (Lipinski definition) is 2. The second kappa shape index (κ2) is 6.51. The van der Waals surface area contributed by atoms with E-state index >= 15 is 0 Å². The van der Waals surface area contributed by atoms with Crippen LogP contribution in [-0.4, -0.2) is 35.7 Å². The first-order valence-corrected chi connectivity index (χ1v) is 5.81. The van der Waals surface area contributed by atoms with Crippen molar-refractivity contribution in [2.24, 2.45) is 5.73 Å². The highest BCUT2D eigenvalue weighted by molar-refractivity contribution is 5.31. The van der Waals surface area contributed by atoms with Gasteiger partial charge in [-0.05, 0) is 25.3 Å². The Morgan fingerprint density at radius 1 is 1.50 bits per heavy atom. The SMILES string of the molecule is C=C/C=C(CN1CCC(O)CC1)\C(N)=C/C. The van der Waals surface area contributed by atoms with Crippen molar-refractivity contribution in [2.75, 3.05) is 19.6 Å². The normalized spacial score (nSPS) is 21.1. The van der Waals surface area contributed by atoms with Crippen LogP contribution in [0.3, 0.4) is 0 Å². The van der Waals surface area contributed by atoms with Gasteiger partial charge in [0.2, 0.25) is 0 Å². The Labute approximate surface area is 97.9 Å². The molecule has 0 aromatic carbocycles. The summed E-state index contributed by atoms with van der Waals surface area (Å²) < 4.78 is 0. The van der Waals surface area contributed by atoms with Crippen LogP contribution in [0.15, 0.2) is 36.1 Å². The van der Waals surface area contributed by atoms with Crippen LogP contribution < -0.4 is 5.73 Å². The van der Waals surface area contributed by atoms with Crippen molar-refractivity contribution in [1.29, 1.82) is 0 Å². The zero-order chi connectivity index (χ0) is 12.0. The minimum atomic E-state index is -0.123. The van der Waals surface area contributed by atoms with E-state index in [-0.39, 0.29) is 6.10 Å². The minimum Gasteiger partial charge on any atom is -0.399 e. The molecular formula is C13H22N2O. The van der Waals surface area contributed by atoms with Crippen LogP contribution in [-0.2, 0) is 0 Å². The van der Waals surface area contributed by atoms with Crippen LogP contribution in [0.2, 0.25) is 0 Å². The molecule has 0 atom stereocenters. The van der Waals surface area contributed by atoms with E-state index in [0.29, 0.717) is 0 Å². The molecule has 1 fully saturated rings. The summed E-state index contributed by atoms with van der Waals surface area (Å²) in [6.07, 6.45) is 7.23. The van der Waals surface area contributed by atoms with Crippen molar-refractivity contribution < 1.29 is 5.11 Å². The van der Waals surface area contributed by atoms with E-state index in [0.717, 1.165) is 43.7 Å². The fourth-order valence-corrected chi connectivity index (χ4v) is 1.89. The van der Waals surface area contributed by atoms with Gasteiger partial charge in [0.15, 0.2) is 0 Å². The molecule has 0 saturated carbocycles. The van der Waals surface area contributed by atoms with Gasteiger partial charge in [0.1, 0.15) is 0 Å². The minimum absolute atomic E-state index is 0.123. The van der Waals surface area contributed by atoms with Gasteiger partial charge in [-0.1, -0.05) is 24.8 Å². The molecule has 0 spiro atoms. The Bertz CT molecular complexity index is 286. The zero-order valence-electron chi connectivity index (χ0n) is 10.0. The fourth-order valence-electron chi connectivity index (χ4n) is 1.89. The average molecular weight is 222 g/mol. The maximum atomic E-state index is 9.43. The predicted octanol–water partition coefficient (Wildman–Crippen LogP) is 1.42. The second-order valence-electron chi connectivity index (χ2n) is 4.18. The van der Waals surface area contributed by atoms with Crippen molar-refractivity contribution >= 4 is 0 Å². The summed E-state index contributed by atoms with van der Waals surface area (Å²) in [5, 5.41) is 9.43. The fraction of sp³-hybridized carbons (Fsp3) is 0.538. The molecule has 1 aliphatic heterocycles. The van der Waals surface area contributed by atoms with Gasteiger partial charge in [0.25, 0.3) is 0 Å². The van der Waals surface area contributed by atoms with Crippen LogP contribution in [0.4, 0.5) is 0 Å². The second-order valence-corrected chi connectivity index (χ2v) is 4.18. The summed E-state index contributed by atoms with van der Waals surface area (Å²) in [5.41, 5.74) is 7.83. The number of allylic oxidation sites excluding steroid dienone is 3. The molecule has 1 saturated heterocycles. The predicted molar refractivity (Wildman–Crippen MR) is 67.9 cm³/mol. The first-order valence-electron chi connectivity index (χ1n) is 5.81. The van der Waals surface area contributed by atoms with Crippen molar-refractivity contribution in [3.63, 3.8) is 0 Å². The molecule has 90 valence electrons. The van der Waals surface area contributed by atoms with Gasteiger partial charge >= 0.3 is 0 Å². The standard InChI is InChI=1S/C13H22N2O/c1-3-5-11(13(14)4-2)10-15-8-6-12(16)7-9-15/h3-5,12,16H,1,6-10,14H2,2H3/b11-5-,13-4+. The lowest BCUT2D eigenvalue weighted by atomic mass is 10.1. The van der Waals surface area contributed by atoms with E-state index in [1.807, 2.05) is 19.1 Å². The smallest absolute Gasteiger partial charge is 0.0564 e. The molecule has 1 heterocycles. The molecule has 1 rings (SSSR count). The third-order valence-corrected chi connectivity index (χ3v) is 2.95. The van der Waals surface area contributed by atoms with Crippen LogP contribution >= 0.6 is 0 Å². The Morgan fingerprint density at radius 2 is 2.12 bits per heavy atom. The number of rotatable bonds is 4. The molecule has 1 aliphatic rings. The van der Waals surface area contributed by atoms with Crippen LogP contribution in [0, 0.1) is 0 Å². The van der Waals surface area contributed by atoms with E-state index < -0.39 is 0 Å². The quantitative estimate of drug-likeness (QED) is 0.707. The summed E-state index contributed by atoms with van der Waals surface area (Å²) in [4.78, 5) is 2.32. The molecule has 3 nitrogen and oxygen atoms in total. The summed E-state index contributed by atoms with van der Waals surface area (Å²) >= 11 is 0. The van der Waals surface area contributed by atoms with Gasteiger partial charge in [-0.15, -0.1) is 0 Å². The average Bonchev–Trinajstić information content (AvgIpc) is 2.30. The molecule has 0 radical (unpaired) electrons. The van der Waals surface area contributed by atoms with Gasteiger partial charge in [-0.25, -0.2) is 0 Å². The Hall–Kier alpha value is -1.06. The van der Waals surface area contributed by atoms with Gasteiger partial charge < -0.3 is 10.8 Å². The monoisotopic (exact) mass is 222 g/mol. The molecule has 0 amide bonds. The molecular weight excluding hydrogens is 200 g/mol. The van der Waals surface area contributed by atoms with Crippen LogP contribution in [0.5, 0.6) is 0 Å². The summed E-state index contributed by atoms with van der Waals surface area (Å²) in [5.74, 6) is 0. The molecule has 0 bridgehead atoms. The number of nitrogens with two attached hydrogens (primary N) is 1. The lowest BCUT2D eigenvalue weighted by molar-refractivity contribution is 0.0871. The molecule has 0 aromatic heterocycles. The Kier molecular flexibility index (Phi) is 5.29. The Balaban J connectivity index is 2.56. The third-order valence-electron chi connectivity index (χ3n) is 2.95. The van der Waals surface area contributed by atoms with Crippen molar-refractivity contribution in [2.45, 2.75) is 25.9 Å². The number of nitrogens with zero attached hydrogens (tertiary/aromatic N) is 1. The topological polar surface area (TPSA) is 49.5 Å². The van der Waals surface area contributed by atoms with Crippen molar-refractivity contribution in [3.05, 3.63) is 36.1 Å². The van der Waals surface area contributed by atoms with Gasteiger partial charge in [0.05, 0.1) is 6.10 Å². The largest absolute Gasteiger partial charge is 0.399 e. The lowest BCUT2D eigenvalue weighted by Gasteiger charge is -2.30. The molecule has 3 heteroatoms. The van der Waals surface area contributed by atoms with Gasteiger partial charge in [0, 0.05) is 25.3 Å². The van der Waals surface area contributed by atoms with E-state index in [4.69, 9.17) is 5.73 Å². The highest BCUT2D eigenvalue weighted by Crippen LogP contribution is 2.14. The van der Waals surface area contributed by atoms with E-state index in [1.54, 1.807) is 6.08 Å².